The molecule has 0 spiro atoms. The Balaban J connectivity index is 1.44. The lowest BCUT2D eigenvalue weighted by molar-refractivity contribution is 0.323. The molecule has 3 rings (SSSR count). The lowest BCUT2D eigenvalue weighted by Crippen LogP contribution is -2.41. The molecule has 2 aliphatic carbocycles. The van der Waals surface area contributed by atoms with Crippen molar-refractivity contribution in [1.29, 1.82) is 0 Å². The zero-order valence-corrected chi connectivity index (χ0v) is 15.7. The molecule has 2 N–H and O–H groups in total. The third-order valence-corrected chi connectivity index (χ3v) is 7.39. The highest BCUT2D eigenvalue weighted by Crippen LogP contribution is 2.27. The third-order valence-electron chi connectivity index (χ3n) is 5.49. The maximum atomic E-state index is 12.0. The van der Waals surface area contributed by atoms with Gasteiger partial charge in [0.15, 0.2) is 0 Å². The van der Waals surface area contributed by atoms with Crippen molar-refractivity contribution in [2.75, 3.05) is 11.9 Å². The van der Waals surface area contributed by atoms with Crippen LogP contribution in [0.4, 0.5) is 5.69 Å². The van der Waals surface area contributed by atoms with Crippen LogP contribution in [-0.2, 0) is 22.9 Å². The number of rotatable bonds is 6. The van der Waals surface area contributed by atoms with Crippen molar-refractivity contribution in [2.45, 2.75) is 70.1 Å². The van der Waals surface area contributed by atoms with Crippen LogP contribution < -0.4 is 10.0 Å². The van der Waals surface area contributed by atoms with Crippen molar-refractivity contribution in [1.82, 2.24) is 4.72 Å². The van der Waals surface area contributed by atoms with Gasteiger partial charge in [-0.25, -0.2) is 13.1 Å². The molecule has 5 heteroatoms. The van der Waals surface area contributed by atoms with E-state index >= 15 is 0 Å². The van der Waals surface area contributed by atoms with E-state index in [1.165, 1.54) is 36.1 Å². The summed E-state index contributed by atoms with van der Waals surface area (Å²) < 4.78 is 26.8. The first-order chi connectivity index (χ1) is 11.4. The van der Waals surface area contributed by atoms with E-state index in [1.807, 2.05) is 0 Å². The van der Waals surface area contributed by atoms with Gasteiger partial charge >= 0.3 is 0 Å². The van der Waals surface area contributed by atoms with E-state index in [-0.39, 0.29) is 11.3 Å². The first-order valence-electron chi connectivity index (χ1n) is 9.31. The van der Waals surface area contributed by atoms with E-state index in [4.69, 9.17) is 0 Å². The molecule has 0 aromatic heterocycles. The quantitative estimate of drug-likeness (QED) is 0.826. The summed E-state index contributed by atoms with van der Waals surface area (Å²) in [6.07, 6.45) is 7.80. The fourth-order valence-electron chi connectivity index (χ4n) is 3.80. The SMILES string of the molecule is CC(C)S(=O)(=O)N[C@H]1CC[C@H](CNc2ccc3c(c2)CCC3)CC1. The zero-order chi connectivity index (χ0) is 17.2. The van der Waals surface area contributed by atoms with E-state index < -0.39 is 10.0 Å². The summed E-state index contributed by atoms with van der Waals surface area (Å²) in [4.78, 5) is 0. The van der Waals surface area contributed by atoms with Crippen molar-refractivity contribution in [3.8, 4) is 0 Å². The normalized spacial score (nSPS) is 24.1. The molecule has 1 aromatic rings. The molecular formula is C19H30N2O2S. The summed E-state index contributed by atoms with van der Waals surface area (Å²) in [5.74, 6) is 0.637. The average molecular weight is 351 g/mol. The van der Waals surface area contributed by atoms with Crippen molar-refractivity contribution in [2.24, 2.45) is 5.92 Å². The Bertz CT molecular complexity index is 662. The second kappa shape index (κ2) is 7.44. The molecule has 134 valence electrons. The topological polar surface area (TPSA) is 58.2 Å². The van der Waals surface area contributed by atoms with E-state index in [1.54, 1.807) is 13.8 Å². The Morgan fingerprint density at radius 2 is 1.79 bits per heavy atom. The summed E-state index contributed by atoms with van der Waals surface area (Å²) in [7, 11) is -3.14. The Morgan fingerprint density at radius 3 is 2.50 bits per heavy atom. The average Bonchev–Trinajstić information content (AvgIpc) is 3.01. The van der Waals surface area contributed by atoms with Crippen LogP contribution in [0.5, 0.6) is 0 Å². The monoisotopic (exact) mass is 350 g/mol. The number of benzene rings is 1. The van der Waals surface area contributed by atoms with Crippen LogP contribution in [0.2, 0.25) is 0 Å². The molecular weight excluding hydrogens is 320 g/mol. The van der Waals surface area contributed by atoms with Crippen LogP contribution in [0.1, 0.15) is 57.1 Å². The molecule has 0 amide bonds. The summed E-state index contributed by atoms with van der Waals surface area (Å²) in [6, 6.07) is 6.90. The van der Waals surface area contributed by atoms with Gasteiger partial charge in [-0.05, 0) is 88.0 Å². The molecule has 0 unspecified atom stereocenters. The molecule has 1 saturated carbocycles. The second-order valence-corrected chi connectivity index (χ2v) is 9.92. The molecule has 2 aliphatic rings. The van der Waals surface area contributed by atoms with E-state index in [0.717, 1.165) is 32.2 Å². The number of nitrogens with one attached hydrogen (secondary N) is 2. The van der Waals surface area contributed by atoms with Crippen LogP contribution in [0.25, 0.3) is 0 Å². The maximum absolute atomic E-state index is 12.0. The Hall–Kier alpha value is -1.07. The van der Waals surface area contributed by atoms with Crippen LogP contribution in [-0.4, -0.2) is 26.3 Å². The Morgan fingerprint density at radius 1 is 1.08 bits per heavy atom. The lowest BCUT2D eigenvalue weighted by atomic mass is 9.86. The van der Waals surface area contributed by atoms with Gasteiger partial charge in [0.1, 0.15) is 0 Å². The van der Waals surface area contributed by atoms with Gasteiger partial charge in [0.05, 0.1) is 5.25 Å². The number of hydrogen-bond acceptors (Lipinski definition) is 3. The van der Waals surface area contributed by atoms with Gasteiger partial charge in [-0.3, -0.25) is 0 Å². The fourth-order valence-corrected chi connectivity index (χ4v) is 4.77. The van der Waals surface area contributed by atoms with Gasteiger partial charge in [0.2, 0.25) is 10.0 Å². The smallest absolute Gasteiger partial charge is 0.214 e. The standard InChI is InChI=1S/C19H30N2O2S/c1-14(2)24(22,23)21-18-9-6-15(7-10-18)13-20-19-11-8-16-4-3-5-17(16)12-19/h8,11-12,14-15,18,20-21H,3-7,9-10,13H2,1-2H3/t15-,18-. The molecule has 0 atom stereocenters. The van der Waals surface area contributed by atoms with Gasteiger partial charge in [0, 0.05) is 18.3 Å². The van der Waals surface area contributed by atoms with Crippen LogP contribution in [0, 0.1) is 5.92 Å². The first kappa shape index (κ1) is 17.7. The molecule has 1 fully saturated rings. The Kier molecular flexibility index (Phi) is 5.50. The third kappa shape index (κ3) is 4.31. The van der Waals surface area contributed by atoms with Crippen molar-refractivity contribution in [3.63, 3.8) is 0 Å². The second-order valence-electron chi connectivity index (χ2n) is 7.65. The van der Waals surface area contributed by atoms with Gasteiger partial charge in [-0.1, -0.05) is 6.07 Å². The van der Waals surface area contributed by atoms with Crippen molar-refractivity contribution < 1.29 is 8.42 Å². The highest BCUT2D eigenvalue weighted by atomic mass is 32.2. The summed E-state index contributed by atoms with van der Waals surface area (Å²) >= 11 is 0. The number of fused-ring (bicyclic) bond motifs is 1. The summed E-state index contributed by atoms with van der Waals surface area (Å²) in [5.41, 5.74) is 4.25. The number of sulfonamides is 1. The highest BCUT2D eigenvalue weighted by Gasteiger charge is 2.26. The lowest BCUT2D eigenvalue weighted by Gasteiger charge is -2.29. The van der Waals surface area contributed by atoms with E-state index in [0.29, 0.717) is 5.92 Å². The maximum Gasteiger partial charge on any atom is 0.214 e. The molecule has 1 aromatic carbocycles. The first-order valence-corrected chi connectivity index (χ1v) is 10.9. The molecule has 0 heterocycles. The van der Waals surface area contributed by atoms with Crippen LogP contribution >= 0.6 is 0 Å². The highest BCUT2D eigenvalue weighted by molar-refractivity contribution is 7.90. The fraction of sp³-hybridized carbons (Fsp3) is 0.684. The van der Waals surface area contributed by atoms with Gasteiger partial charge in [-0.2, -0.15) is 0 Å². The largest absolute Gasteiger partial charge is 0.385 e. The van der Waals surface area contributed by atoms with E-state index in [9.17, 15) is 8.42 Å². The molecule has 24 heavy (non-hydrogen) atoms. The zero-order valence-electron chi connectivity index (χ0n) is 14.8. The van der Waals surface area contributed by atoms with E-state index in [2.05, 4.69) is 28.2 Å². The molecule has 4 nitrogen and oxygen atoms in total. The minimum absolute atomic E-state index is 0.119. The minimum Gasteiger partial charge on any atom is -0.385 e. The molecule has 0 aliphatic heterocycles. The van der Waals surface area contributed by atoms with Crippen LogP contribution in [0.15, 0.2) is 18.2 Å². The summed E-state index contributed by atoms with van der Waals surface area (Å²) in [5, 5.41) is 3.24. The van der Waals surface area contributed by atoms with Crippen LogP contribution in [0.3, 0.4) is 0 Å². The number of hydrogen-bond donors (Lipinski definition) is 2. The molecule has 0 radical (unpaired) electrons. The Labute approximate surface area is 146 Å². The van der Waals surface area contributed by atoms with Gasteiger partial charge in [0.25, 0.3) is 0 Å². The predicted molar refractivity (Wildman–Crippen MR) is 99.9 cm³/mol. The van der Waals surface area contributed by atoms with Gasteiger partial charge < -0.3 is 5.32 Å². The molecule has 0 saturated heterocycles. The minimum atomic E-state index is -3.14. The summed E-state index contributed by atoms with van der Waals surface area (Å²) in [6.45, 7) is 4.45. The predicted octanol–water partition coefficient (Wildman–Crippen LogP) is 3.47. The number of anilines is 1. The molecule has 0 bridgehead atoms. The number of aryl methyl sites for hydroxylation is 2. The van der Waals surface area contributed by atoms with Crippen molar-refractivity contribution >= 4 is 15.7 Å². The van der Waals surface area contributed by atoms with Crippen molar-refractivity contribution in [3.05, 3.63) is 29.3 Å². The van der Waals surface area contributed by atoms with Gasteiger partial charge in [-0.15, -0.1) is 0 Å².